The monoisotopic (exact) mass is 401 g/mol. The number of carbonyl (C=O) groups is 1. The number of carbonyl (C=O) groups excluding carboxylic acids is 1. The summed E-state index contributed by atoms with van der Waals surface area (Å²) in [6.07, 6.45) is -4.58. The van der Waals surface area contributed by atoms with E-state index in [0.717, 1.165) is 0 Å². The quantitative estimate of drug-likeness (QED) is 0.393. The van der Waals surface area contributed by atoms with Crippen molar-refractivity contribution in [2.75, 3.05) is 18.5 Å². The molecule has 2 aromatic carbocycles. The highest BCUT2D eigenvalue weighted by Gasteiger charge is 2.31. The highest BCUT2D eigenvalue weighted by atomic mass is 32.1. The van der Waals surface area contributed by atoms with Crippen molar-refractivity contribution in [2.45, 2.75) is 6.18 Å². The first-order valence-electron chi connectivity index (χ1n) is 7.61. The first kappa shape index (κ1) is 20.4. The zero-order valence-corrected chi connectivity index (χ0v) is 14.6. The third-order valence-corrected chi connectivity index (χ3v) is 3.58. The van der Waals surface area contributed by atoms with Gasteiger partial charge >= 0.3 is 6.18 Å². The Balaban J connectivity index is 1.81. The number of thiocarbonyl (C=S) groups is 1. The molecule has 0 fully saturated rings. The largest absolute Gasteiger partial charge is 0.489 e. The van der Waals surface area contributed by atoms with Gasteiger partial charge < -0.3 is 21.1 Å². The van der Waals surface area contributed by atoms with Crippen molar-refractivity contribution in [3.05, 3.63) is 59.4 Å². The summed E-state index contributed by atoms with van der Waals surface area (Å²) in [5, 5.41) is 5.82. The Bertz CT molecular complexity index is 826. The Kier molecular flexibility index (Phi) is 6.56. The summed E-state index contributed by atoms with van der Waals surface area (Å²) in [6.45, 7) is 0.0154. The minimum absolute atomic E-state index is 0.110. The predicted octanol–water partition coefficient (Wildman–Crippen LogP) is 3.31. The maximum Gasteiger partial charge on any atom is 0.416 e. The lowest BCUT2D eigenvalue weighted by atomic mass is 10.2. The van der Waals surface area contributed by atoms with Crippen LogP contribution in [0.25, 0.3) is 0 Å². The number of primary amides is 1. The molecule has 0 bridgehead atoms. The van der Waals surface area contributed by atoms with Crippen LogP contribution in [0, 0.1) is 5.82 Å². The van der Waals surface area contributed by atoms with Gasteiger partial charge in [0, 0.05) is 11.3 Å². The van der Waals surface area contributed by atoms with Crippen molar-refractivity contribution in [3.63, 3.8) is 0 Å². The van der Waals surface area contributed by atoms with Crippen molar-refractivity contribution < 1.29 is 27.1 Å². The zero-order chi connectivity index (χ0) is 20.0. The van der Waals surface area contributed by atoms with E-state index >= 15 is 0 Å². The van der Waals surface area contributed by atoms with E-state index in [9.17, 15) is 22.4 Å². The van der Waals surface area contributed by atoms with Crippen LogP contribution >= 0.6 is 12.2 Å². The van der Waals surface area contributed by atoms with E-state index in [1.54, 1.807) is 12.1 Å². The lowest BCUT2D eigenvalue weighted by Crippen LogP contribution is -2.32. The van der Waals surface area contributed by atoms with Gasteiger partial charge in [-0.25, -0.2) is 4.39 Å². The van der Waals surface area contributed by atoms with Crippen molar-refractivity contribution in [3.8, 4) is 5.75 Å². The highest BCUT2D eigenvalue weighted by Crippen LogP contribution is 2.32. The van der Waals surface area contributed by atoms with E-state index in [-0.39, 0.29) is 18.3 Å². The van der Waals surface area contributed by atoms with Gasteiger partial charge in [-0.3, -0.25) is 4.79 Å². The third-order valence-electron chi connectivity index (χ3n) is 3.33. The molecule has 27 heavy (non-hydrogen) atoms. The molecule has 10 heteroatoms. The molecule has 0 radical (unpaired) electrons. The molecule has 0 heterocycles. The van der Waals surface area contributed by atoms with E-state index < -0.39 is 29.2 Å². The number of halogens is 4. The summed E-state index contributed by atoms with van der Waals surface area (Å²) in [5.74, 6) is -1.94. The van der Waals surface area contributed by atoms with Crippen LogP contribution < -0.4 is 21.1 Å². The molecule has 0 aliphatic rings. The van der Waals surface area contributed by atoms with Crippen LogP contribution in [0.2, 0.25) is 0 Å². The third kappa shape index (κ3) is 6.10. The number of alkyl halides is 3. The Labute approximate surface area is 157 Å². The average Bonchev–Trinajstić information content (AvgIpc) is 2.59. The topological polar surface area (TPSA) is 76.4 Å². The van der Waals surface area contributed by atoms with E-state index in [1.165, 1.54) is 12.1 Å². The van der Waals surface area contributed by atoms with Gasteiger partial charge in [0.05, 0.1) is 12.1 Å². The Morgan fingerprint density at radius 1 is 1.15 bits per heavy atom. The summed E-state index contributed by atoms with van der Waals surface area (Å²) in [7, 11) is 0. The van der Waals surface area contributed by atoms with Crippen LogP contribution in [0.3, 0.4) is 0 Å². The van der Waals surface area contributed by atoms with Gasteiger partial charge in [-0.05, 0) is 54.7 Å². The molecule has 0 aromatic heterocycles. The van der Waals surface area contributed by atoms with Crippen molar-refractivity contribution in [2.24, 2.45) is 5.73 Å². The van der Waals surface area contributed by atoms with Gasteiger partial charge in [0.15, 0.2) is 16.7 Å². The number of nitrogens with one attached hydrogen (secondary N) is 2. The fourth-order valence-corrected chi connectivity index (χ4v) is 2.23. The van der Waals surface area contributed by atoms with Crippen molar-refractivity contribution >= 4 is 28.9 Å². The van der Waals surface area contributed by atoms with Gasteiger partial charge in [-0.2, -0.15) is 13.2 Å². The number of ether oxygens (including phenoxy) is 1. The average molecular weight is 401 g/mol. The minimum Gasteiger partial charge on any atom is -0.489 e. The van der Waals surface area contributed by atoms with Crippen molar-refractivity contribution in [1.29, 1.82) is 0 Å². The van der Waals surface area contributed by atoms with Crippen LogP contribution in [0.4, 0.5) is 23.2 Å². The Morgan fingerprint density at radius 3 is 2.41 bits per heavy atom. The smallest absolute Gasteiger partial charge is 0.416 e. The van der Waals surface area contributed by atoms with E-state index in [1.807, 2.05) is 0 Å². The number of benzene rings is 2. The van der Waals surface area contributed by atoms with Gasteiger partial charge in [0.2, 0.25) is 5.91 Å². The predicted molar refractivity (Wildman–Crippen MR) is 96.1 cm³/mol. The van der Waals surface area contributed by atoms with Gasteiger partial charge in [0.1, 0.15) is 6.61 Å². The highest BCUT2D eigenvalue weighted by molar-refractivity contribution is 7.80. The summed E-state index contributed by atoms with van der Waals surface area (Å²) in [5.41, 5.74) is 5.08. The SMILES string of the molecule is NC(=O)c1ccc(NC(=S)NCCOc2cc(C(F)(F)F)ccc2F)cc1. The number of amides is 1. The van der Waals surface area contributed by atoms with Crippen molar-refractivity contribution in [1.82, 2.24) is 5.32 Å². The summed E-state index contributed by atoms with van der Waals surface area (Å²) >= 11 is 5.05. The second kappa shape index (κ2) is 8.67. The van der Waals surface area contributed by atoms with E-state index in [4.69, 9.17) is 22.7 Å². The molecular formula is C17H15F4N3O2S. The minimum atomic E-state index is -4.58. The molecule has 2 rings (SSSR count). The number of rotatable bonds is 6. The molecule has 0 spiro atoms. The molecule has 4 N–H and O–H groups in total. The zero-order valence-electron chi connectivity index (χ0n) is 13.8. The molecule has 1 amide bonds. The normalized spacial score (nSPS) is 11.0. The molecule has 144 valence electrons. The van der Waals surface area contributed by atoms with Crippen LogP contribution in [0.5, 0.6) is 5.75 Å². The van der Waals surface area contributed by atoms with Gasteiger partial charge in [0.25, 0.3) is 0 Å². The van der Waals surface area contributed by atoms with Crippen LogP contribution in [-0.4, -0.2) is 24.2 Å². The number of anilines is 1. The number of hydrogen-bond acceptors (Lipinski definition) is 3. The maximum atomic E-state index is 13.5. The van der Waals surface area contributed by atoms with Crippen LogP contribution in [0.15, 0.2) is 42.5 Å². The second-order valence-corrected chi connectivity index (χ2v) is 5.72. The van der Waals surface area contributed by atoms with Crippen LogP contribution in [-0.2, 0) is 6.18 Å². The molecular weight excluding hydrogens is 386 g/mol. The lowest BCUT2D eigenvalue weighted by molar-refractivity contribution is -0.137. The van der Waals surface area contributed by atoms with E-state index in [2.05, 4.69) is 10.6 Å². The summed E-state index contributed by atoms with van der Waals surface area (Å²) in [4.78, 5) is 11.0. The number of nitrogens with two attached hydrogens (primary N) is 1. The maximum absolute atomic E-state index is 13.5. The first-order chi connectivity index (χ1) is 12.7. The molecule has 0 aliphatic heterocycles. The Morgan fingerprint density at radius 2 is 1.81 bits per heavy atom. The van der Waals surface area contributed by atoms with Gasteiger partial charge in [-0.15, -0.1) is 0 Å². The molecule has 5 nitrogen and oxygen atoms in total. The fraction of sp³-hybridized carbons (Fsp3) is 0.176. The standard InChI is InChI=1S/C17H15F4N3O2S/c18-13-6-3-11(17(19,20)21)9-14(13)26-8-7-23-16(27)24-12-4-1-10(2-5-12)15(22)25/h1-6,9H,7-8H2,(H2,22,25)(H2,23,24,27). The number of hydrogen-bond donors (Lipinski definition) is 3. The Hall–Kier alpha value is -2.88. The molecule has 2 aromatic rings. The fourth-order valence-electron chi connectivity index (χ4n) is 2.01. The van der Waals surface area contributed by atoms with Gasteiger partial charge in [-0.1, -0.05) is 0 Å². The summed E-state index contributed by atoms with van der Waals surface area (Å²) in [6, 6.07) is 8.19. The molecule has 0 aliphatic carbocycles. The van der Waals surface area contributed by atoms with Crippen LogP contribution in [0.1, 0.15) is 15.9 Å². The van der Waals surface area contributed by atoms with E-state index in [0.29, 0.717) is 29.4 Å². The summed E-state index contributed by atoms with van der Waals surface area (Å²) < 4.78 is 56.5. The second-order valence-electron chi connectivity index (χ2n) is 5.31. The molecule has 0 saturated carbocycles. The molecule has 0 atom stereocenters. The first-order valence-corrected chi connectivity index (χ1v) is 8.02. The molecule has 0 saturated heterocycles. The molecule has 0 unspecified atom stereocenters. The lowest BCUT2D eigenvalue weighted by Gasteiger charge is -2.13.